The number of nitrogens with one attached hydrogen (secondary N) is 1. The normalized spacial score (nSPS) is 13.0. The molecule has 5 nitrogen and oxygen atoms in total. The number of halogens is 1. The van der Waals surface area contributed by atoms with E-state index in [1.54, 1.807) is 7.11 Å². The molecule has 6 heteroatoms. The molecule has 3 N–H and O–H groups in total. The van der Waals surface area contributed by atoms with Crippen molar-refractivity contribution in [3.63, 3.8) is 0 Å². The predicted octanol–water partition coefficient (Wildman–Crippen LogP) is 3.03. The molecule has 0 saturated heterocycles. The average molecular weight is 421 g/mol. The summed E-state index contributed by atoms with van der Waals surface area (Å²) in [6.07, 6.45) is 0. The first-order chi connectivity index (χ1) is 9.81. The van der Waals surface area contributed by atoms with Gasteiger partial charge in [0.25, 0.3) is 0 Å². The molecule has 0 spiro atoms. The van der Waals surface area contributed by atoms with Crippen molar-refractivity contribution < 1.29 is 9.47 Å². The van der Waals surface area contributed by atoms with E-state index in [2.05, 4.69) is 17.2 Å². The number of methoxy groups -OCH3 is 1. The number of aliphatic imine (C=N–C) groups is 1. The standard InChI is InChI=1S/C16H27N3O2.HI/c1-12(10-18-15(17)19-16(2,3)4)11-21-14-9-7-6-8-13(14)20-5;/h6-9,12H,10-11H2,1-5H3,(H3,17,18,19);1H. The van der Waals surface area contributed by atoms with Gasteiger partial charge < -0.3 is 20.5 Å². The molecule has 126 valence electrons. The molecule has 1 atom stereocenters. The van der Waals surface area contributed by atoms with Gasteiger partial charge >= 0.3 is 0 Å². The van der Waals surface area contributed by atoms with Gasteiger partial charge in [0.05, 0.1) is 13.7 Å². The lowest BCUT2D eigenvalue weighted by atomic mass is 10.1. The van der Waals surface area contributed by atoms with Crippen molar-refractivity contribution in [2.24, 2.45) is 16.6 Å². The van der Waals surface area contributed by atoms with Crippen molar-refractivity contribution in [2.75, 3.05) is 20.3 Å². The Kier molecular flexibility index (Phi) is 9.24. The van der Waals surface area contributed by atoms with Crippen molar-refractivity contribution in [1.82, 2.24) is 5.32 Å². The van der Waals surface area contributed by atoms with E-state index >= 15 is 0 Å². The molecule has 1 aromatic rings. The second kappa shape index (κ2) is 9.76. The van der Waals surface area contributed by atoms with Crippen LogP contribution in [-0.4, -0.2) is 31.8 Å². The largest absolute Gasteiger partial charge is 0.493 e. The number of nitrogens with zero attached hydrogens (tertiary/aromatic N) is 1. The van der Waals surface area contributed by atoms with Gasteiger partial charge in [-0.3, -0.25) is 4.99 Å². The maximum absolute atomic E-state index is 5.84. The van der Waals surface area contributed by atoms with Gasteiger partial charge in [0, 0.05) is 18.0 Å². The smallest absolute Gasteiger partial charge is 0.188 e. The van der Waals surface area contributed by atoms with Crippen LogP contribution in [-0.2, 0) is 0 Å². The Morgan fingerprint density at radius 2 is 1.86 bits per heavy atom. The fourth-order valence-electron chi connectivity index (χ4n) is 1.70. The second-order valence-corrected chi connectivity index (χ2v) is 6.17. The molecule has 0 aromatic heterocycles. The number of nitrogens with two attached hydrogens (primary N) is 1. The Hall–Kier alpha value is -1.18. The summed E-state index contributed by atoms with van der Waals surface area (Å²) in [5.41, 5.74) is 5.76. The van der Waals surface area contributed by atoms with Gasteiger partial charge in [-0.2, -0.15) is 0 Å². The summed E-state index contributed by atoms with van der Waals surface area (Å²) in [6, 6.07) is 7.61. The Labute approximate surface area is 150 Å². The Morgan fingerprint density at radius 1 is 1.27 bits per heavy atom. The minimum absolute atomic E-state index is 0. The van der Waals surface area contributed by atoms with Crippen LogP contribution in [0.25, 0.3) is 0 Å². The summed E-state index contributed by atoms with van der Waals surface area (Å²) in [5.74, 6) is 2.21. The van der Waals surface area contributed by atoms with Gasteiger partial charge in [-0.05, 0) is 32.9 Å². The molecule has 0 aliphatic carbocycles. The summed E-state index contributed by atoms with van der Waals surface area (Å²) in [7, 11) is 1.63. The third-order valence-electron chi connectivity index (χ3n) is 2.67. The summed E-state index contributed by atoms with van der Waals surface area (Å²) in [6.45, 7) is 9.39. The number of para-hydroxylation sites is 2. The van der Waals surface area contributed by atoms with Crippen molar-refractivity contribution in [1.29, 1.82) is 0 Å². The van der Waals surface area contributed by atoms with Crippen LogP contribution < -0.4 is 20.5 Å². The molecule has 0 amide bonds. The van der Waals surface area contributed by atoms with E-state index in [1.807, 2.05) is 45.0 Å². The Balaban J connectivity index is 0.00000441. The first-order valence-electron chi connectivity index (χ1n) is 7.15. The van der Waals surface area contributed by atoms with Crippen LogP contribution in [0, 0.1) is 5.92 Å². The van der Waals surface area contributed by atoms with Gasteiger partial charge in [-0.1, -0.05) is 19.1 Å². The predicted molar refractivity (Wildman–Crippen MR) is 102 cm³/mol. The minimum atomic E-state index is -0.0786. The van der Waals surface area contributed by atoms with Crippen molar-refractivity contribution in [3.05, 3.63) is 24.3 Å². The SMILES string of the molecule is COc1ccccc1OCC(C)CN=C(N)NC(C)(C)C.I. The average Bonchev–Trinajstić information content (AvgIpc) is 2.41. The molecule has 0 aliphatic heterocycles. The van der Waals surface area contributed by atoms with Crippen molar-refractivity contribution in [3.8, 4) is 11.5 Å². The molecule has 22 heavy (non-hydrogen) atoms. The number of benzene rings is 1. The van der Waals surface area contributed by atoms with E-state index < -0.39 is 0 Å². The topological polar surface area (TPSA) is 68.9 Å². The van der Waals surface area contributed by atoms with E-state index in [0.717, 1.165) is 11.5 Å². The number of hydrogen-bond acceptors (Lipinski definition) is 3. The summed E-state index contributed by atoms with van der Waals surface area (Å²) < 4.78 is 11.0. The van der Waals surface area contributed by atoms with Crippen molar-refractivity contribution in [2.45, 2.75) is 33.2 Å². The zero-order valence-corrected chi connectivity index (χ0v) is 16.4. The maximum Gasteiger partial charge on any atom is 0.188 e. The van der Waals surface area contributed by atoms with Crippen LogP contribution >= 0.6 is 24.0 Å². The van der Waals surface area contributed by atoms with Crippen LogP contribution in [0.2, 0.25) is 0 Å². The maximum atomic E-state index is 5.84. The van der Waals surface area contributed by atoms with Crippen LogP contribution in [0.1, 0.15) is 27.7 Å². The highest BCUT2D eigenvalue weighted by molar-refractivity contribution is 14.0. The highest BCUT2D eigenvalue weighted by atomic mass is 127. The van der Waals surface area contributed by atoms with Crippen LogP contribution in [0.3, 0.4) is 0 Å². The number of guanidine groups is 1. The Bertz CT molecular complexity index is 473. The Morgan fingerprint density at radius 3 is 2.41 bits per heavy atom. The lowest BCUT2D eigenvalue weighted by Gasteiger charge is -2.21. The van der Waals surface area contributed by atoms with Gasteiger partial charge in [0.2, 0.25) is 0 Å². The number of rotatable bonds is 6. The second-order valence-electron chi connectivity index (χ2n) is 6.17. The fourth-order valence-corrected chi connectivity index (χ4v) is 1.70. The van der Waals surface area contributed by atoms with E-state index in [9.17, 15) is 0 Å². The van der Waals surface area contributed by atoms with Crippen LogP contribution in [0.15, 0.2) is 29.3 Å². The highest BCUT2D eigenvalue weighted by Crippen LogP contribution is 2.26. The summed E-state index contributed by atoms with van der Waals surface area (Å²) in [4.78, 5) is 4.34. The molecule has 0 fully saturated rings. The number of ether oxygens (including phenoxy) is 2. The van der Waals surface area contributed by atoms with Gasteiger partial charge in [0.15, 0.2) is 17.5 Å². The molecule has 0 bridgehead atoms. The van der Waals surface area contributed by atoms with Gasteiger partial charge in [-0.15, -0.1) is 24.0 Å². The first-order valence-corrected chi connectivity index (χ1v) is 7.15. The lowest BCUT2D eigenvalue weighted by Crippen LogP contribution is -2.45. The minimum Gasteiger partial charge on any atom is -0.493 e. The van der Waals surface area contributed by atoms with E-state index in [-0.39, 0.29) is 35.4 Å². The molecule has 0 saturated carbocycles. The molecule has 1 unspecified atom stereocenters. The first kappa shape index (κ1) is 20.8. The molecule has 0 aliphatic rings. The quantitative estimate of drug-likeness (QED) is 0.421. The molecular formula is C16H28IN3O2. The fraction of sp³-hybridized carbons (Fsp3) is 0.562. The van der Waals surface area contributed by atoms with Gasteiger partial charge in [-0.25, -0.2) is 0 Å². The van der Waals surface area contributed by atoms with Crippen LogP contribution in [0.4, 0.5) is 0 Å². The molecule has 0 heterocycles. The van der Waals surface area contributed by atoms with E-state index in [1.165, 1.54) is 0 Å². The molecular weight excluding hydrogens is 393 g/mol. The monoisotopic (exact) mass is 421 g/mol. The third kappa shape index (κ3) is 8.31. The highest BCUT2D eigenvalue weighted by Gasteiger charge is 2.11. The van der Waals surface area contributed by atoms with Crippen LogP contribution in [0.5, 0.6) is 11.5 Å². The molecule has 1 aromatic carbocycles. The summed E-state index contributed by atoms with van der Waals surface area (Å²) >= 11 is 0. The van der Waals surface area contributed by atoms with E-state index in [4.69, 9.17) is 15.2 Å². The molecule has 0 radical (unpaired) electrons. The summed E-state index contributed by atoms with van der Waals surface area (Å²) in [5, 5.41) is 3.13. The zero-order valence-electron chi connectivity index (χ0n) is 14.1. The van der Waals surface area contributed by atoms with Crippen molar-refractivity contribution >= 4 is 29.9 Å². The lowest BCUT2D eigenvalue weighted by molar-refractivity contribution is 0.251. The number of hydrogen-bond donors (Lipinski definition) is 2. The van der Waals surface area contributed by atoms with Gasteiger partial charge in [0.1, 0.15) is 0 Å². The van der Waals surface area contributed by atoms with E-state index in [0.29, 0.717) is 19.1 Å². The zero-order chi connectivity index (χ0) is 15.9. The third-order valence-corrected chi connectivity index (χ3v) is 2.67. The molecule has 1 rings (SSSR count).